The molecule has 2 aromatic carbocycles. The summed E-state index contributed by atoms with van der Waals surface area (Å²) in [5, 5.41) is 7.24. The van der Waals surface area contributed by atoms with E-state index in [1.807, 2.05) is 6.92 Å². The lowest BCUT2D eigenvalue weighted by molar-refractivity contribution is 0.0162. The van der Waals surface area contributed by atoms with Crippen molar-refractivity contribution in [3.05, 3.63) is 77.0 Å². The van der Waals surface area contributed by atoms with E-state index in [4.69, 9.17) is 4.74 Å². The quantitative estimate of drug-likeness (QED) is 0.638. The predicted molar refractivity (Wildman–Crippen MR) is 117 cm³/mol. The van der Waals surface area contributed by atoms with Crippen LogP contribution in [-0.2, 0) is 11.8 Å². The van der Waals surface area contributed by atoms with E-state index in [2.05, 4.69) is 39.6 Å². The molecule has 168 valence electrons. The van der Waals surface area contributed by atoms with Gasteiger partial charge in [-0.1, -0.05) is 29.8 Å². The number of aryl methyl sites for hydroxylation is 2. The molecule has 0 spiro atoms. The van der Waals surface area contributed by atoms with Crippen LogP contribution in [-0.4, -0.2) is 53.4 Å². The highest BCUT2D eigenvalue weighted by Gasteiger charge is 2.25. The number of nitrogens with one attached hydrogen (secondary N) is 1. The molecule has 1 atom stereocenters. The van der Waals surface area contributed by atoms with Crippen LogP contribution in [0.15, 0.2) is 48.7 Å². The molecule has 1 saturated heterocycles. The van der Waals surface area contributed by atoms with Crippen LogP contribution in [0.2, 0.25) is 0 Å². The minimum Gasteiger partial charge on any atom is -0.379 e. The lowest BCUT2D eigenvalue weighted by Crippen LogP contribution is -2.43. The molecular formula is C24H26F2N4O2. The molecule has 1 fully saturated rings. The molecule has 1 unspecified atom stereocenters. The molecule has 0 aliphatic carbocycles. The van der Waals surface area contributed by atoms with Crippen molar-refractivity contribution in [1.82, 2.24) is 20.0 Å². The fourth-order valence-corrected chi connectivity index (χ4v) is 3.96. The number of hydrogen-bond acceptors (Lipinski definition) is 4. The number of amides is 1. The Morgan fingerprint density at radius 2 is 1.88 bits per heavy atom. The largest absolute Gasteiger partial charge is 0.379 e. The zero-order valence-electron chi connectivity index (χ0n) is 18.1. The molecule has 1 aliphatic heterocycles. The average Bonchev–Trinajstić information content (AvgIpc) is 3.17. The van der Waals surface area contributed by atoms with Gasteiger partial charge in [-0.3, -0.25) is 14.4 Å². The second kappa shape index (κ2) is 9.58. The third-order valence-electron chi connectivity index (χ3n) is 5.66. The first-order chi connectivity index (χ1) is 15.4. The molecule has 32 heavy (non-hydrogen) atoms. The Hall–Kier alpha value is -3.10. The van der Waals surface area contributed by atoms with E-state index in [1.165, 1.54) is 16.3 Å². The van der Waals surface area contributed by atoms with Gasteiger partial charge in [-0.15, -0.1) is 0 Å². The molecule has 4 rings (SSSR count). The molecule has 0 radical (unpaired) electrons. The van der Waals surface area contributed by atoms with E-state index in [-0.39, 0.29) is 28.8 Å². The Bertz CT molecular complexity index is 1090. The third-order valence-corrected chi connectivity index (χ3v) is 5.66. The molecule has 1 N–H and O–H groups in total. The van der Waals surface area contributed by atoms with Crippen LogP contribution in [0.4, 0.5) is 8.78 Å². The van der Waals surface area contributed by atoms with Gasteiger partial charge < -0.3 is 10.1 Å². The van der Waals surface area contributed by atoms with Crippen molar-refractivity contribution in [3.8, 4) is 11.3 Å². The van der Waals surface area contributed by atoms with Crippen molar-refractivity contribution in [3.63, 3.8) is 0 Å². The Morgan fingerprint density at radius 1 is 1.16 bits per heavy atom. The Kier molecular flexibility index (Phi) is 6.62. The highest BCUT2D eigenvalue weighted by Crippen LogP contribution is 2.26. The molecule has 1 aromatic heterocycles. The van der Waals surface area contributed by atoms with E-state index >= 15 is 0 Å². The number of morpholine rings is 1. The first kappa shape index (κ1) is 22.1. The smallest absolute Gasteiger partial charge is 0.255 e. The van der Waals surface area contributed by atoms with Gasteiger partial charge in [0.2, 0.25) is 0 Å². The maximum absolute atomic E-state index is 14.4. The topological polar surface area (TPSA) is 59.4 Å². The van der Waals surface area contributed by atoms with Crippen LogP contribution in [0.1, 0.15) is 27.5 Å². The fourth-order valence-electron chi connectivity index (χ4n) is 3.96. The molecule has 1 amide bonds. The second-order valence-electron chi connectivity index (χ2n) is 7.97. The number of hydrogen-bond donors (Lipinski definition) is 1. The number of rotatable bonds is 6. The van der Waals surface area contributed by atoms with Gasteiger partial charge in [-0.25, -0.2) is 8.78 Å². The zero-order chi connectivity index (χ0) is 22.7. The van der Waals surface area contributed by atoms with Gasteiger partial charge in [0.15, 0.2) is 0 Å². The lowest BCUT2D eigenvalue weighted by Gasteiger charge is -2.35. The summed E-state index contributed by atoms with van der Waals surface area (Å²) >= 11 is 0. The summed E-state index contributed by atoms with van der Waals surface area (Å²) < 4.78 is 34.6. The van der Waals surface area contributed by atoms with Crippen LogP contribution in [0.3, 0.4) is 0 Å². The van der Waals surface area contributed by atoms with Crippen LogP contribution in [0, 0.1) is 18.6 Å². The first-order valence-electron chi connectivity index (χ1n) is 10.6. The van der Waals surface area contributed by atoms with Gasteiger partial charge in [0.05, 0.1) is 24.8 Å². The summed E-state index contributed by atoms with van der Waals surface area (Å²) in [5.41, 5.74) is 2.78. The van der Waals surface area contributed by atoms with Crippen LogP contribution >= 0.6 is 0 Å². The summed E-state index contributed by atoms with van der Waals surface area (Å²) in [6, 6.07) is 11.5. The normalized spacial score (nSPS) is 15.5. The minimum atomic E-state index is -0.761. The van der Waals surface area contributed by atoms with Gasteiger partial charge in [0.1, 0.15) is 17.3 Å². The van der Waals surface area contributed by atoms with Crippen molar-refractivity contribution in [2.45, 2.75) is 13.0 Å². The number of aromatic nitrogens is 2. The lowest BCUT2D eigenvalue weighted by atomic mass is 10.0. The highest BCUT2D eigenvalue weighted by atomic mass is 19.1. The first-order valence-corrected chi connectivity index (χ1v) is 10.6. The van der Waals surface area contributed by atoms with Crippen LogP contribution in [0.5, 0.6) is 0 Å². The Morgan fingerprint density at radius 3 is 2.56 bits per heavy atom. The third kappa shape index (κ3) is 4.87. The molecule has 3 aromatic rings. The predicted octanol–water partition coefficient (Wildman–Crippen LogP) is 3.48. The minimum absolute atomic E-state index is 0.0221. The summed E-state index contributed by atoms with van der Waals surface area (Å²) in [7, 11) is 1.66. The standard InChI is InChI=1S/C24H26F2N4O2/c1-16-3-5-17(6-4-16)22(30-9-11-32-12-10-30)14-27-24(31)20-15-29(2)28-23(20)19-8-7-18(25)13-21(19)26/h3-8,13,15,22H,9-12,14H2,1-2H3,(H,27,31). The fraction of sp³-hybridized carbons (Fsp3) is 0.333. The van der Waals surface area contributed by atoms with E-state index in [0.29, 0.717) is 19.8 Å². The number of benzene rings is 2. The van der Waals surface area contributed by atoms with E-state index < -0.39 is 11.6 Å². The van der Waals surface area contributed by atoms with E-state index in [0.717, 1.165) is 30.8 Å². The SMILES string of the molecule is Cc1ccc(C(CNC(=O)c2cn(C)nc2-c2ccc(F)cc2F)N2CCOCC2)cc1. The maximum Gasteiger partial charge on any atom is 0.255 e. The number of halogens is 2. The number of nitrogens with zero attached hydrogens (tertiary/aromatic N) is 3. The summed E-state index contributed by atoms with van der Waals surface area (Å²) in [5.74, 6) is -1.80. The molecule has 8 heteroatoms. The molecule has 1 aliphatic rings. The maximum atomic E-state index is 14.4. The van der Waals surface area contributed by atoms with Gasteiger partial charge in [0, 0.05) is 44.5 Å². The van der Waals surface area contributed by atoms with Gasteiger partial charge in [-0.05, 0) is 24.6 Å². The van der Waals surface area contributed by atoms with E-state index in [1.54, 1.807) is 13.2 Å². The summed E-state index contributed by atoms with van der Waals surface area (Å²) in [4.78, 5) is 15.4. The monoisotopic (exact) mass is 440 g/mol. The van der Waals surface area contributed by atoms with Crippen molar-refractivity contribution in [2.75, 3.05) is 32.8 Å². The Balaban J connectivity index is 1.56. The summed E-state index contributed by atoms with van der Waals surface area (Å²) in [6.45, 7) is 5.25. The number of carbonyl (C=O) groups is 1. The van der Waals surface area contributed by atoms with Crippen molar-refractivity contribution in [2.24, 2.45) is 7.05 Å². The van der Waals surface area contributed by atoms with Gasteiger partial charge >= 0.3 is 0 Å². The van der Waals surface area contributed by atoms with Gasteiger partial charge in [0.25, 0.3) is 5.91 Å². The van der Waals surface area contributed by atoms with Crippen molar-refractivity contribution < 1.29 is 18.3 Å². The van der Waals surface area contributed by atoms with E-state index in [9.17, 15) is 13.6 Å². The number of ether oxygens (including phenoxy) is 1. The van der Waals surface area contributed by atoms with Crippen LogP contribution in [0.25, 0.3) is 11.3 Å². The molecule has 0 bridgehead atoms. The second-order valence-corrected chi connectivity index (χ2v) is 7.97. The van der Waals surface area contributed by atoms with Crippen LogP contribution < -0.4 is 5.32 Å². The Labute approximate surface area is 185 Å². The van der Waals surface area contributed by atoms with Crippen molar-refractivity contribution in [1.29, 1.82) is 0 Å². The number of carbonyl (C=O) groups excluding carboxylic acids is 1. The van der Waals surface area contributed by atoms with Gasteiger partial charge in [-0.2, -0.15) is 5.10 Å². The zero-order valence-corrected chi connectivity index (χ0v) is 18.1. The molecular weight excluding hydrogens is 414 g/mol. The molecule has 0 saturated carbocycles. The molecule has 2 heterocycles. The van der Waals surface area contributed by atoms with Crippen molar-refractivity contribution >= 4 is 5.91 Å². The highest BCUT2D eigenvalue weighted by molar-refractivity contribution is 5.99. The summed E-state index contributed by atoms with van der Waals surface area (Å²) in [6.07, 6.45) is 1.54. The molecule has 6 nitrogen and oxygen atoms in total. The average molecular weight is 440 g/mol.